The highest BCUT2D eigenvalue weighted by atomic mass is 15.5. The first kappa shape index (κ1) is 16.5. The molecule has 0 aromatic heterocycles. The summed E-state index contributed by atoms with van der Waals surface area (Å²) in [5.41, 5.74) is 3.79. The standard InChI is InChI=1S/C20H26N4/c1-22(2)20-10-8-18(9-11-20)16-21-24-14-12-23(13-15-24)17-19-6-4-3-5-7-19/h3-11,16H,12-15,17H2,1-2H3/p+1. The van der Waals surface area contributed by atoms with E-state index in [-0.39, 0.29) is 0 Å². The predicted molar refractivity (Wildman–Crippen MR) is 101 cm³/mol. The molecule has 2 aromatic carbocycles. The third-order valence-electron chi connectivity index (χ3n) is 4.52. The van der Waals surface area contributed by atoms with Crippen LogP contribution in [0.15, 0.2) is 59.7 Å². The van der Waals surface area contributed by atoms with Gasteiger partial charge in [0, 0.05) is 25.3 Å². The van der Waals surface area contributed by atoms with E-state index >= 15 is 0 Å². The maximum atomic E-state index is 4.65. The number of quaternary nitrogens is 1. The molecule has 1 aliphatic heterocycles. The molecule has 1 heterocycles. The van der Waals surface area contributed by atoms with Crippen molar-refractivity contribution in [2.24, 2.45) is 5.10 Å². The largest absolute Gasteiger partial charge is 0.378 e. The fraction of sp³-hybridized carbons (Fsp3) is 0.350. The lowest BCUT2D eigenvalue weighted by Crippen LogP contribution is -3.13. The van der Waals surface area contributed by atoms with E-state index in [0.29, 0.717) is 0 Å². The molecule has 0 radical (unpaired) electrons. The van der Waals surface area contributed by atoms with Crippen molar-refractivity contribution in [2.45, 2.75) is 6.54 Å². The van der Waals surface area contributed by atoms with Gasteiger partial charge in [-0.25, -0.2) is 0 Å². The van der Waals surface area contributed by atoms with Crippen molar-refractivity contribution < 1.29 is 4.90 Å². The number of piperazine rings is 1. The zero-order valence-corrected chi connectivity index (χ0v) is 14.7. The minimum Gasteiger partial charge on any atom is -0.378 e. The lowest BCUT2D eigenvalue weighted by molar-refractivity contribution is -0.918. The zero-order chi connectivity index (χ0) is 16.8. The normalized spacial score (nSPS) is 15.8. The first-order valence-corrected chi connectivity index (χ1v) is 8.64. The van der Waals surface area contributed by atoms with Gasteiger partial charge in [-0.15, -0.1) is 0 Å². The zero-order valence-electron chi connectivity index (χ0n) is 14.7. The van der Waals surface area contributed by atoms with Crippen LogP contribution in [0.1, 0.15) is 11.1 Å². The van der Waals surface area contributed by atoms with Gasteiger partial charge in [0.2, 0.25) is 0 Å². The number of anilines is 1. The molecule has 126 valence electrons. The lowest BCUT2D eigenvalue weighted by Gasteiger charge is -2.30. The second kappa shape index (κ2) is 7.97. The van der Waals surface area contributed by atoms with Gasteiger partial charge < -0.3 is 9.80 Å². The average molecular weight is 323 g/mol. The van der Waals surface area contributed by atoms with Crippen LogP contribution in [0.25, 0.3) is 0 Å². The SMILES string of the molecule is CN(C)c1ccc(C=NN2CC[NH+](Cc3ccccc3)CC2)cc1. The van der Waals surface area contributed by atoms with Gasteiger partial charge in [-0.05, 0) is 17.7 Å². The molecule has 0 saturated carbocycles. The summed E-state index contributed by atoms with van der Waals surface area (Å²) in [6, 6.07) is 19.3. The Bertz CT molecular complexity index is 641. The van der Waals surface area contributed by atoms with E-state index in [1.54, 1.807) is 4.90 Å². The predicted octanol–water partition coefficient (Wildman–Crippen LogP) is 1.49. The average Bonchev–Trinajstić information content (AvgIpc) is 2.62. The Morgan fingerprint density at radius 2 is 1.67 bits per heavy atom. The van der Waals surface area contributed by atoms with Crippen molar-refractivity contribution in [3.63, 3.8) is 0 Å². The van der Waals surface area contributed by atoms with E-state index in [9.17, 15) is 0 Å². The summed E-state index contributed by atoms with van der Waals surface area (Å²) in [7, 11) is 4.11. The Kier molecular flexibility index (Phi) is 5.49. The molecule has 1 aliphatic rings. The summed E-state index contributed by atoms with van der Waals surface area (Å²) in [6.45, 7) is 5.45. The molecule has 0 atom stereocenters. The smallest absolute Gasteiger partial charge is 0.103 e. The van der Waals surface area contributed by atoms with Crippen LogP contribution in [0.5, 0.6) is 0 Å². The number of nitrogens with zero attached hydrogens (tertiary/aromatic N) is 3. The van der Waals surface area contributed by atoms with Gasteiger partial charge in [0.1, 0.15) is 6.54 Å². The van der Waals surface area contributed by atoms with Gasteiger partial charge >= 0.3 is 0 Å². The van der Waals surface area contributed by atoms with Gasteiger partial charge in [0.15, 0.2) is 0 Å². The summed E-state index contributed by atoms with van der Waals surface area (Å²) in [5.74, 6) is 0. The monoisotopic (exact) mass is 323 g/mol. The molecule has 4 heteroatoms. The highest BCUT2D eigenvalue weighted by Gasteiger charge is 2.18. The van der Waals surface area contributed by atoms with Gasteiger partial charge in [0.05, 0.1) is 32.4 Å². The Labute approximate surface area is 145 Å². The summed E-state index contributed by atoms with van der Waals surface area (Å²) in [4.78, 5) is 3.75. The molecule has 0 amide bonds. The van der Waals surface area contributed by atoms with E-state index in [0.717, 1.165) is 38.3 Å². The Morgan fingerprint density at radius 1 is 1.00 bits per heavy atom. The van der Waals surface area contributed by atoms with Crippen LogP contribution in [0.4, 0.5) is 5.69 Å². The van der Waals surface area contributed by atoms with E-state index in [1.165, 1.54) is 11.3 Å². The molecular formula is C20H27N4+. The maximum Gasteiger partial charge on any atom is 0.103 e. The third kappa shape index (κ3) is 4.59. The van der Waals surface area contributed by atoms with E-state index in [2.05, 4.69) is 83.7 Å². The van der Waals surface area contributed by atoms with Gasteiger partial charge in [-0.1, -0.05) is 42.5 Å². The van der Waals surface area contributed by atoms with E-state index in [4.69, 9.17) is 0 Å². The molecule has 1 N–H and O–H groups in total. The molecule has 1 saturated heterocycles. The molecule has 2 aromatic rings. The van der Waals surface area contributed by atoms with Crippen molar-refractivity contribution in [3.05, 3.63) is 65.7 Å². The van der Waals surface area contributed by atoms with Crippen LogP contribution in [0.3, 0.4) is 0 Å². The highest BCUT2D eigenvalue weighted by Crippen LogP contribution is 2.11. The number of hydrogen-bond acceptors (Lipinski definition) is 3. The van der Waals surface area contributed by atoms with E-state index in [1.807, 2.05) is 6.21 Å². The van der Waals surface area contributed by atoms with Crippen molar-refractivity contribution in [1.29, 1.82) is 0 Å². The van der Waals surface area contributed by atoms with Crippen molar-refractivity contribution in [1.82, 2.24) is 5.01 Å². The highest BCUT2D eigenvalue weighted by molar-refractivity contribution is 5.80. The Balaban J connectivity index is 1.48. The molecule has 0 bridgehead atoms. The van der Waals surface area contributed by atoms with Crippen molar-refractivity contribution >= 4 is 11.9 Å². The Hall–Kier alpha value is -2.33. The van der Waals surface area contributed by atoms with Crippen LogP contribution in [-0.4, -0.2) is 51.5 Å². The van der Waals surface area contributed by atoms with Gasteiger partial charge in [-0.3, -0.25) is 5.01 Å². The second-order valence-electron chi connectivity index (χ2n) is 6.60. The van der Waals surface area contributed by atoms with Crippen LogP contribution in [0.2, 0.25) is 0 Å². The minimum absolute atomic E-state index is 1.02. The number of hydrogen-bond donors (Lipinski definition) is 1. The number of nitrogens with one attached hydrogen (secondary N) is 1. The number of benzene rings is 2. The quantitative estimate of drug-likeness (QED) is 0.843. The Morgan fingerprint density at radius 3 is 2.29 bits per heavy atom. The molecule has 0 aliphatic carbocycles. The minimum atomic E-state index is 1.02. The topological polar surface area (TPSA) is 23.3 Å². The van der Waals surface area contributed by atoms with Crippen molar-refractivity contribution in [3.8, 4) is 0 Å². The van der Waals surface area contributed by atoms with Crippen LogP contribution >= 0.6 is 0 Å². The van der Waals surface area contributed by atoms with Crippen LogP contribution in [0, 0.1) is 0 Å². The maximum absolute atomic E-state index is 4.65. The van der Waals surface area contributed by atoms with Crippen LogP contribution in [-0.2, 0) is 6.54 Å². The molecular weight excluding hydrogens is 296 g/mol. The summed E-state index contributed by atoms with van der Waals surface area (Å²) in [5, 5.41) is 6.84. The number of hydrazone groups is 1. The second-order valence-corrected chi connectivity index (χ2v) is 6.60. The molecule has 0 spiro atoms. The fourth-order valence-electron chi connectivity index (χ4n) is 2.99. The molecule has 4 nitrogen and oxygen atoms in total. The molecule has 1 fully saturated rings. The third-order valence-corrected chi connectivity index (χ3v) is 4.52. The van der Waals surface area contributed by atoms with E-state index < -0.39 is 0 Å². The van der Waals surface area contributed by atoms with Crippen LogP contribution < -0.4 is 9.80 Å². The molecule has 3 rings (SSSR count). The van der Waals surface area contributed by atoms with Crippen molar-refractivity contribution in [2.75, 3.05) is 45.2 Å². The lowest BCUT2D eigenvalue weighted by atomic mass is 10.2. The fourth-order valence-corrected chi connectivity index (χ4v) is 2.99. The first-order valence-electron chi connectivity index (χ1n) is 8.64. The molecule has 24 heavy (non-hydrogen) atoms. The summed E-state index contributed by atoms with van der Waals surface area (Å²) in [6.07, 6.45) is 1.97. The number of rotatable bonds is 5. The summed E-state index contributed by atoms with van der Waals surface area (Å²) < 4.78 is 0. The van der Waals surface area contributed by atoms with Gasteiger partial charge in [-0.2, -0.15) is 5.10 Å². The van der Waals surface area contributed by atoms with Gasteiger partial charge in [0.25, 0.3) is 0 Å². The molecule has 0 unspecified atom stereocenters. The first-order chi connectivity index (χ1) is 11.7. The summed E-state index contributed by atoms with van der Waals surface area (Å²) >= 11 is 0.